The van der Waals surface area contributed by atoms with Crippen molar-refractivity contribution in [2.45, 2.75) is 13.0 Å². The zero-order valence-corrected chi connectivity index (χ0v) is 16.1. The van der Waals surface area contributed by atoms with E-state index in [0.29, 0.717) is 18.7 Å². The van der Waals surface area contributed by atoms with Crippen LogP contribution in [0.1, 0.15) is 21.7 Å². The number of aromatic amines is 1. The van der Waals surface area contributed by atoms with E-state index in [-0.39, 0.29) is 5.91 Å². The number of carbonyl (C=O) groups is 1. The fourth-order valence-electron chi connectivity index (χ4n) is 3.85. The van der Waals surface area contributed by atoms with Crippen molar-refractivity contribution in [2.75, 3.05) is 13.7 Å². The SMILES string of the molecule is COc1cccc(-c2nc3c([nH]2)CN(C(=O)c2cccc4cnccc24)CC3)c1. The lowest BCUT2D eigenvalue weighted by molar-refractivity contribution is 0.0734. The average molecular weight is 384 g/mol. The number of methoxy groups -OCH3 is 1. The summed E-state index contributed by atoms with van der Waals surface area (Å²) in [5, 5.41) is 1.90. The third-order valence-corrected chi connectivity index (χ3v) is 5.37. The number of H-pyrrole nitrogens is 1. The number of nitrogens with one attached hydrogen (secondary N) is 1. The Morgan fingerprint density at radius 3 is 2.97 bits per heavy atom. The molecule has 1 aliphatic heterocycles. The highest BCUT2D eigenvalue weighted by molar-refractivity contribution is 6.06. The number of aromatic nitrogens is 3. The van der Waals surface area contributed by atoms with Crippen molar-refractivity contribution in [2.24, 2.45) is 0 Å². The van der Waals surface area contributed by atoms with Crippen LogP contribution in [0.5, 0.6) is 5.75 Å². The van der Waals surface area contributed by atoms with Crippen molar-refractivity contribution in [3.8, 4) is 17.1 Å². The zero-order chi connectivity index (χ0) is 19.8. The second-order valence-corrected chi connectivity index (χ2v) is 7.12. The van der Waals surface area contributed by atoms with E-state index in [4.69, 9.17) is 9.72 Å². The molecule has 1 amide bonds. The Morgan fingerprint density at radius 2 is 2.07 bits per heavy atom. The molecule has 0 bridgehead atoms. The van der Waals surface area contributed by atoms with E-state index in [9.17, 15) is 4.79 Å². The quantitative estimate of drug-likeness (QED) is 0.583. The molecule has 0 fully saturated rings. The predicted octanol–water partition coefficient (Wildman–Crippen LogP) is 3.83. The molecule has 6 nitrogen and oxygen atoms in total. The molecule has 0 atom stereocenters. The molecule has 0 spiro atoms. The summed E-state index contributed by atoms with van der Waals surface area (Å²) >= 11 is 0. The Morgan fingerprint density at radius 1 is 1.17 bits per heavy atom. The molecule has 2 aromatic carbocycles. The van der Waals surface area contributed by atoms with Crippen LogP contribution in [0.3, 0.4) is 0 Å². The van der Waals surface area contributed by atoms with Crippen LogP contribution in [0.4, 0.5) is 0 Å². The molecule has 1 aliphatic rings. The van der Waals surface area contributed by atoms with Crippen LogP contribution in [-0.2, 0) is 13.0 Å². The van der Waals surface area contributed by atoms with Crippen LogP contribution < -0.4 is 4.74 Å². The number of rotatable bonds is 3. The van der Waals surface area contributed by atoms with E-state index >= 15 is 0 Å². The second-order valence-electron chi connectivity index (χ2n) is 7.12. The molecule has 144 valence electrons. The van der Waals surface area contributed by atoms with E-state index < -0.39 is 0 Å². The van der Waals surface area contributed by atoms with Crippen LogP contribution in [0.25, 0.3) is 22.2 Å². The lowest BCUT2D eigenvalue weighted by Gasteiger charge is -2.26. The molecule has 5 rings (SSSR count). The Labute approximate surface area is 168 Å². The average Bonchev–Trinajstić information content (AvgIpc) is 3.22. The van der Waals surface area contributed by atoms with Gasteiger partial charge in [-0.05, 0) is 29.7 Å². The number of hydrogen-bond acceptors (Lipinski definition) is 4. The molecular weight excluding hydrogens is 364 g/mol. The van der Waals surface area contributed by atoms with Crippen molar-refractivity contribution in [1.82, 2.24) is 19.9 Å². The zero-order valence-electron chi connectivity index (χ0n) is 16.1. The minimum Gasteiger partial charge on any atom is -0.497 e. The number of benzene rings is 2. The monoisotopic (exact) mass is 384 g/mol. The summed E-state index contributed by atoms with van der Waals surface area (Å²) in [6.07, 6.45) is 4.24. The number of nitrogens with zero attached hydrogens (tertiary/aromatic N) is 3. The Balaban J connectivity index is 1.43. The van der Waals surface area contributed by atoms with Gasteiger partial charge in [0.05, 0.1) is 25.0 Å². The summed E-state index contributed by atoms with van der Waals surface area (Å²) in [5.41, 5.74) is 3.69. The van der Waals surface area contributed by atoms with Gasteiger partial charge < -0.3 is 14.6 Å². The van der Waals surface area contributed by atoms with Gasteiger partial charge >= 0.3 is 0 Å². The number of fused-ring (bicyclic) bond motifs is 2. The van der Waals surface area contributed by atoms with Crippen LogP contribution in [-0.4, -0.2) is 39.4 Å². The molecule has 0 unspecified atom stereocenters. The molecule has 1 N–H and O–H groups in total. The van der Waals surface area contributed by atoms with Gasteiger partial charge in [0.1, 0.15) is 11.6 Å². The molecule has 3 heterocycles. The second kappa shape index (κ2) is 7.05. The summed E-state index contributed by atoms with van der Waals surface area (Å²) in [7, 11) is 1.65. The molecule has 0 saturated carbocycles. The normalized spacial score (nSPS) is 13.3. The fourth-order valence-corrected chi connectivity index (χ4v) is 3.85. The summed E-state index contributed by atoms with van der Waals surface area (Å²) in [6.45, 7) is 1.17. The maximum absolute atomic E-state index is 13.2. The summed E-state index contributed by atoms with van der Waals surface area (Å²) in [4.78, 5) is 27.4. The van der Waals surface area contributed by atoms with E-state index in [1.807, 2.05) is 53.4 Å². The Hall–Kier alpha value is -3.67. The number of hydrogen-bond donors (Lipinski definition) is 1. The van der Waals surface area contributed by atoms with Gasteiger partial charge in [-0.15, -0.1) is 0 Å². The van der Waals surface area contributed by atoms with Gasteiger partial charge in [-0.25, -0.2) is 4.98 Å². The highest BCUT2D eigenvalue weighted by Crippen LogP contribution is 2.27. The first kappa shape index (κ1) is 17.4. The Bertz CT molecular complexity index is 1210. The third kappa shape index (κ3) is 3.12. The number of imidazole rings is 1. The van der Waals surface area contributed by atoms with Crippen LogP contribution in [0.15, 0.2) is 60.9 Å². The molecule has 0 radical (unpaired) electrons. The number of pyridine rings is 1. The van der Waals surface area contributed by atoms with E-state index in [2.05, 4.69) is 9.97 Å². The fraction of sp³-hybridized carbons (Fsp3) is 0.174. The molecule has 4 aromatic rings. The lowest BCUT2D eigenvalue weighted by atomic mass is 10.0. The van der Waals surface area contributed by atoms with Crippen molar-refractivity contribution in [1.29, 1.82) is 0 Å². The number of ether oxygens (including phenoxy) is 1. The van der Waals surface area contributed by atoms with Crippen LogP contribution >= 0.6 is 0 Å². The first-order valence-electron chi connectivity index (χ1n) is 9.57. The summed E-state index contributed by atoms with van der Waals surface area (Å²) in [5.74, 6) is 1.63. The molecular formula is C23H20N4O2. The number of carbonyl (C=O) groups excluding carboxylic acids is 1. The van der Waals surface area contributed by atoms with E-state index in [0.717, 1.165) is 45.7 Å². The molecule has 29 heavy (non-hydrogen) atoms. The minimum absolute atomic E-state index is 0.0324. The summed E-state index contributed by atoms with van der Waals surface area (Å²) < 4.78 is 5.31. The lowest BCUT2D eigenvalue weighted by Crippen LogP contribution is -2.36. The highest BCUT2D eigenvalue weighted by atomic mass is 16.5. The van der Waals surface area contributed by atoms with Crippen molar-refractivity contribution < 1.29 is 9.53 Å². The van der Waals surface area contributed by atoms with Crippen molar-refractivity contribution in [3.05, 3.63) is 77.9 Å². The standard InChI is InChI=1S/C23H20N4O2/c1-29-17-6-2-4-15(12-17)22-25-20-9-11-27(14-21(20)26-22)23(28)19-7-3-5-16-13-24-10-8-18(16)19/h2-8,10,12-13H,9,11,14H2,1H3,(H,25,26). The first-order valence-corrected chi connectivity index (χ1v) is 9.57. The van der Waals surface area contributed by atoms with Crippen LogP contribution in [0, 0.1) is 0 Å². The van der Waals surface area contributed by atoms with Gasteiger partial charge in [-0.2, -0.15) is 0 Å². The Kier molecular flexibility index (Phi) is 4.24. The highest BCUT2D eigenvalue weighted by Gasteiger charge is 2.25. The summed E-state index contributed by atoms with van der Waals surface area (Å²) in [6, 6.07) is 15.5. The smallest absolute Gasteiger partial charge is 0.254 e. The molecule has 6 heteroatoms. The topological polar surface area (TPSA) is 71.1 Å². The first-order chi connectivity index (χ1) is 14.2. The predicted molar refractivity (Wildman–Crippen MR) is 111 cm³/mol. The maximum Gasteiger partial charge on any atom is 0.254 e. The third-order valence-electron chi connectivity index (χ3n) is 5.37. The molecule has 2 aromatic heterocycles. The van der Waals surface area contributed by atoms with Gasteiger partial charge in [0, 0.05) is 41.9 Å². The largest absolute Gasteiger partial charge is 0.497 e. The van der Waals surface area contributed by atoms with Gasteiger partial charge in [-0.1, -0.05) is 24.3 Å². The van der Waals surface area contributed by atoms with Gasteiger partial charge in [0.15, 0.2) is 0 Å². The van der Waals surface area contributed by atoms with Gasteiger partial charge in [-0.3, -0.25) is 9.78 Å². The van der Waals surface area contributed by atoms with Gasteiger partial charge in [0.2, 0.25) is 0 Å². The molecule has 0 saturated heterocycles. The van der Waals surface area contributed by atoms with Crippen molar-refractivity contribution >= 4 is 16.7 Å². The van der Waals surface area contributed by atoms with Gasteiger partial charge in [0.25, 0.3) is 5.91 Å². The maximum atomic E-state index is 13.2. The minimum atomic E-state index is 0.0324. The number of amides is 1. The van der Waals surface area contributed by atoms with E-state index in [1.165, 1.54) is 0 Å². The molecule has 0 aliphatic carbocycles. The van der Waals surface area contributed by atoms with Crippen molar-refractivity contribution in [3.63, 3.8) is 0 Å². The van der Waals surface area contributed by atoms with Crippen LogP contribution in [0.2, 0.25) is 0 Å². The van der Waals surface area contributed by atoms with E-state index in [1.54, 1.807) is 19.5 Å².